The summed E-state index contributed by atoms with van der Waals surface area (Å²) in [6.07, 6.45) is 8.19. The Balaban J connectivity index is 1.29. The van der Waals surface area contributed by atoms with Gasteiger partial charge in [-0.25, -0.2) is 0 Å². The number of hydrogen-bond acceptors (Lipinski definition) is 4. The van der Waals surface area contributed by atoms with Crippen LogP contribution in [0.5, 0.6) is 0 Å². The fourth-order valence-electron chi connectivity index (χ4n) is 3.73. The van der Waals surface area contributed by atoms with E-state index in [0.29, 0.717) is 18.7 Å². The first-order valence-corrected chi connectivity index (χ1v) is 11.0. The van der Waals surface area contributed by atoms with Crippen LogP contribution < -0.4 is 10.6 Å². The Hall–Kier alpha value is -3.47. The first-order chi connectivity index (χ1) is 15.3. The van der Waals surface area contributed by atoms with Crippen LogP contribution in [0.2, 0.25) is 0 Å². The van der Waals surface area contributed by atoms with Gasteiger partial charge in [0.15, 0.2) is 0 Å². The molecule has 1 heterocycles. The number of hydrogen-bond donors (Lipinski definition) is 2. The van der Waals surface area contributed by atoms with Crippen LogP contribution in [0.25, 0.3) is 11.3 Å². The number of benzene rings is 2. The number of amides is 1. The van der Waals surface area contributed by atoms with Crippen LogP contribution in [0, 0.1) is 0 Å². The summed E-state index contributed by atoms with van der Waals surface area (Å²) in [6.45, 7) is 1.39. The van der Waals surface area contributed by atoms with Crippen molar-refractivity contribution in [1.82, 2.24) is 15.5 Å². The second-order valence-corrected chi connectivity index (χ2v) is 7.83. The maximum atomic E-state index is 12.4. The van der Waals surface area contributed by atoms with Crippen molar-refractivity contribution in [1.29, 1.82) is 0 Å². The number of nitrogens with zero attached hydrogens (tertiary/aromatic N) is 2. The molecule has 0 atom stereocenters. The van der Waals surface area contributed by atoms with E-state index < -0.39 is 0 Å². The zero-order valence-electron chi connectivity index (χ0n) is 17.7. The van der Waals surface area contributed by atoms with Gasteiger partial charge in [-0.2, -0.15) is 0 Å². The Bertz CT molecular complexity index is 1010. The van der Waals surface area contributed by atoms with E-state index in [-0.39, 0.29) is 5.91 Å². The van der Waals surface area contributed by atoms with Gasteiger partial charge in [0.2, 0.25) is 0 Å². The quantitative estimate of drug-likeness (QED) is 0.488. The van der Waals surface area contributed by atoms with E-state index in [1.807, 2.05) is 54.6 Å². The summed E-state index contributed by atoms with van der Waals surface area (Å²) in [7, 11) is 0. The molecule has 31 heavy (non-hydrogen) atoms. The SMILES string of the molecule is O=C(NCCC1=CCCCC1)c1ccc(-c2ccc(NCc3ccccc3)nn2)cc1. The van der Waals surface area contributed by atoms with Gasteiger partial charge in [-0.1, -0.05) is 54.1 Å². The Morgan fingerprint density at radius 2 is 1.74 bits per heavy atom. The van der Waals surface area contributed by atoms with Crippen LogP contribution >= 0.6 is 0 Å². The summed E-state index contributed by atoms with van der Waals surface area (Å²) in [6, 6.07) is 21.6. The van der Waals surface area contributed by atoms with Crippen LogP contribution in [-0.2, 0) is 6.54 Å². The molecule has 1 amide bonds. The van der Waals surface area contributed by atoms with E-state index in [0.717, 1.165) is 23.5 Å². The molecule has 0 unspecified atom stereocenters. The van der Waals surface area contributed by atoms with Crippen molar-refractivity contribution in [2.75, 3.05) is 11.9 Å². The average Bonchev–Trinajstić information content (AvgIpc) is 2.84. The highest BCUT2D eigenvalue weighted by atomic mass is 16.1. The van der Waals surface area contributed by atoms with Gasteiger partial charge >= 0.3 is 0 Å². The van der Waals surface area contributed by atoms with Crippen LogP contribution in [0.1, 0.15) is 48.0 Å². The average molecular weight is 413 g/mol. The molecular weight excluding hydrogens is 384 g/mol. The van der Waals surface area contributed by atoms with Gasteiger partial charge in [0.1, 0.15) is 5.82 Å². The van der Waals surface area contributed by atoms with Gasteiger partial charge in [-0.15, -0.1) is 10.2 Å². The van der Waals surface area contributed by atoms with Crippen LogP contribution in [0.3, 0.4) is 0 Å². The lowest BCUT2D eigenvalue weighted by molar-refractivity contribution is 0.0954. The van der Waals surface area contributed by atoms with E-state index in [1.54, 1.807) is 0 Å². The van der Waals surface area contributed by atoms with E-state index in [2.05, 4.69) is 39.0 Å². The molecule has 0 fully saturated rings. The molecule has 1 aromatic heterocycles. The van der Waals surface area contributed by atoms with Crippen molar-refractivity contribution in [3.8, 4) is 11.3 Å². The van der Waals surface area contributed by atoms with Crippen LogP contribution in [0.4, 0.5) is 5.82 Å². The van der Waals surface area contributed by atoms with E-state index in [1.165, 1.54) is 36.8 Å². The van der Waals surface area contributed by atoms with Gasteiger partial charge in [0.25, 0.3) is 5.91 Å². The third-order valence-electron chi connectivity index (χ3n) is 5.54. The summed E-state index contributed by atoms with van der Waals surface area (Å²) >= 11 is 0. The van der Waals surface area contributed by atoms with Crippen molar-refractivity contribution < 1.29 is 4.79 Å². The summed E-state index contributed by atoms with van der Waals surface area (Å²) in [5, 5.41) is 14.9. The van der Waals surface area contributed by atoms with Crippen molar-refractivity contribution in [2.24, 2.45) is 0 Å². The zero-order valence-corrected chi connectivity index (χ0v) is 17.7. The van der Waals surface area contributed by atoms with Gasteiger partial charge in [-0.3, -0.25) is 4.79 Å². The summed E-state index contributed by atoms with van der Waals surface area (Å²) in [4.78, 5) is 12.4. The maximum absolute atomic E-state index is 12.4. The maximum Gasteiger partial charge on any atom is 0.251 e. The van der Waals surface area contributed by atoms with E-state index in [9.17, 15) is 4.79 Å². The normalized spacial score (nSPS) is 13.4. The minimum atomic E-state index is -0.0329. The second-order valence-electron chi connectivity index (χ2n) is 7.83. The lowest BCUT2D eigenvalue weighted by Crippen LogP contribution is -2.24. The number of anilines is 1. The van der Waals surface area contributed by atoms with Gasteiger partial charge < -0.3 is 10.6 Å². The Morgan fingerprint density at radius 3 is 2.45 bits per heavy atom. The van der Waals surface area contributed by atoms with Gasteiger partial charge in [0, 0.05) is 24.2 Å². The highest BCUT2D eigenvalue weighted by Crippen LogP contribution is 2.20. The van der Waals surface area contributed by atoms with Crippen LogP contribution in [0.15, 0.2) is 78.4 Å². The summed E-state index contributed by atoms with van der Waals surface area (Å²) in [5.41, 5.74) is 5.04. The minimum Gasteiger partial charge on any atom is -0.365 e. The molecule has 0 bridgehead atoms. The molecule has 4 rings (SSSR count). The number of aromatic nitrogens is 2. The fraction of sp³-hybridized carbons (Fsp3) is 0.269. The summed E-state index contributed by atoms with van der Waals surface area (Å²) in [5.74, 6) is 0.700. The highest BCUT2D eigenvalue weighted by molar-refractivity contribution is 5.94. The predicted molar refractivity (Wildman–Crippen MR) is 125 cm³/mol. The topological polar surface area (TPSA) is 66.9 Å². The molecule has 0 saturated carbocycles. The first kappa shape index (κ1) is 20.8. The highest BCUT2D eigenvalue weighted by Gasteiger charge is 2.08. The third kappa shape index (κ3) is 6.01. The largest absolute Gasteiger partial charge is 0.365 e. The number of rotatable bonds is 8. The number of nitrogens with one attached hydrogen (secondary N) is 2. The number of carbonyl (C=O) groups excluding carboxylic acids is 1. The lowest BCUT2D eigenvalue weighted by atomic mass is 9.97. The van der Waals surface area contributed by atoms with E-state index in [4.69, 9.17) is 0 Å². The molecule has 0 spiro atoms. The Labute approximate surface area is 183 Å². The van der Waals surface area contributed by atoms with Gasteiger partial charge in [-0.05, 0) is 61.9 Å². The fourth-order valence-corrected chi connectivity index (χ4v) is 3.73. The molecule has 5 nitrogen and oxygen atoms in total. The smallest absolute Gasteiger partial charge is 0.251 e. The first-order valence-electron chi connectivity index (χ1n) is 11.0. The van der Waals surface area contributed by atoms with Crippen molar-refractivity contribution in [2.45, 2.75) is 38.6 Å². The molecule has 5 heteroatoms. The molecule has 1 aliphatic rings. The van der Waals surface area contributed by atoms with Crippen molar-refractivity contribution in [3.63, 3.8) is 0 Å². The third-order valence-corrected chi connectivity index (χ3v) is 5.54. The van der Waals surface area contributed by atoms with E-state index >= 15 is 0 Å². The predicted octanol–water partition coefficient (Wildman–Crippen LogP) is 5.38. The molecule has 1 aliphatic carbocycles. The molecule has 0 aliphatic heterocycles. The zero-order chi connectivity index (χ0) is 21.3. The number of allylic oxidation sites excluding steroid dienone is 1. The number of carbonyl (C=O) groups is 1. The molecular formula is C26H28N4O. The molecule has 3 aromatic rings. The van der Waals surface area contributed by atoms with Gasteiger partial charge in [0.05, 0.1) is 5.69 Å². The van der Waals surface area contributed by atoms with Crippen LogP contribution in [-0.4, -0.2) is 22.6 Å². The summed E-state index contributed by atoms with van der Waals surface area (Å²) < 4.78 is 0. The molecule has 2 N–H and O–H groups in total. The minimum absolute atomic E-state index is 0.0329. The lowest BCUT2D eigenvalue weighted by Gasteiger charge is -2.13. The van der Waals surface area contributed by atoms with Crippen molar-refractivity contribution in [3.05, 3.63) is 89.5 Å². The van der Waals surface area contributed by atoms with Crippen molar-refractivity contribution >= 4 is 11.7 Å². The second kappa shape index (κ2) is 10.5. The molecule has 0 radical (unpaired) electrons. The molecule has 0 saturated heterocycles. The Morgan fingerprint density at radius 1 is 0.903 bits per heavy atom. The monoisotopic (exact) mass is 412 g/mol. The standard InChI is InChI=1S/C26H28N4O/c31-26(27-18-17-20-7-3-1-4-8-20)23-13-11-22(12-14-23)24-15-16-25(30-29-24)28-19-21-9-5-2-6-10-21/h2,5-7,9-16H,1,3-4,8,17-19H2,(H,27,31)(H,28,30). The molecule has 2 aromatic carbocycles. The molecule has 158 valence electrons. The Kier molecular flexibility index (Phi) is 7.06.